The normalized spacial score (nSPS) is 13.3. The Bertz CT molecular complexity index is 1430. The van der Waals surface area contributed by atoms with Gasteiger partial charge in [0.05, 0.1) is 12.6 Å². The van der Waals surface area contributed by atoms with Gasteiger partial charge in [-0.2, -0.15) is 11.8 Å². The van der Waals surface area contributed by atoms with E-state index in [-0.39, 0.29) is 30.2 Å². The second-order valence-electron chi connectivity index (χ2n) is 11.1. The number of nitrogens with one attached hydrogen (secondary N) is 2. The standard InChI is InChI=1S/C34H43N3O6S/c1-7-43-25-16-11-15-24(19-25)21-35-32(41)30(34(3,4)44-6)37(5)33(42)29(39)27(20-23-13-9-8-10-14-23)36-31(40)26-17-12-18-28(38)22(26)2/h8-19,27,29-30,38-39H,7,20-21H2,1-6H3,(H,35,41)(H,36,40)/t27-,29-,30+/m0/s1. The molecule has 0 aromatic heterocycles. The van der Waals surface area contributed by atoms with E-state index < -0.39 is 34.7 Å². The Hall–Kier alpha value is -4.02. The van der Waals surface area contributed by atoms with Crippen molar-refractivity contribution in [1.82, 2.24) is 15.5 Å². The van der Waals surface area contributed by atoms with Gasteiger partial charge in [-0.05, 0) is 75.8 Å². The maximum absolute atomic E-state index is 13.9. The Morgan fingerprint density at radius 1 is 1.00 bits per heavy atom. The van der Waals surface area contributed by atoms with Gasteiger partial charge in [0.25, 0.3) is 11.8 Å². The van der Waals surface area contributed by atoms with Gasteiger partial charge in [0.1, 0.15) is 17.5 Å². The molecule has 236 valence electrons. The number of hydrogen-bond donors (Lipinski definition) is 4. The average molecular weight is 622 g/mol. The van der Waals surface area contributed by atoms with Crippen molar-refractivity contribution >= 4 is 29.5 Å². The molecule has 3 aromatic rings. The van der Waals surface area contributed by atoms with Crippen LogP contribution in [0.15, 0.2) is 72.8 Å². The lowest BCUT2D eigenvalue weighted by Crippen LogP contribution is -2.61. The lowest BCUT2D eigenvalue weighted by molar-refractivity contribution is -0.147. The van der Waals surface area contributed by atoms with E-state index in [1.54, 1.807) is 19.1 Å². The van der Waals surface area contributed by atoms with E-state index >= 15 is 0 Å². The SMILES string of the molecule is CCOc1cccc(CNC(=O)[C@@H](N(C)C(=O)[C@@H](O)[C@H](Cc2ccccc2)NC(=O)c2cccc(O)c2C)C(C)(C)SC)c1. The molecule has 0 radical (unpaired) electrons. The van der Waals surface area contributed by atoms with E-state index in [2.05, 4.69) is 10.6 Å². The number of likely N-dealkylation sites (N-methyl/N-ethyl adjacent to an activating group) is 1. The summed E-state index contributed by atoms with van der Waals surface area (Å²) < 4.78 is 4.84. The summed E-state index contributed by atoms with van der Waals surface area (Å²) in [5, 5.41) is 27.3. The Labute approximate surface area is 264 Å². The average Bonchev–Trinajstić information content (AvgIpc) is 3.01. The van der Waals surface area contributed by atoms with Crippen LogP contribution >= 0.6 is 11.8 Å². The molecule has 10 heteroatoms. The second-order valence-corrected chi connectivity index (χ2v) is 12.6. The smallest absolute Gasteiger partial charge is 0.254 e. The zero-order valence-electron chi connectivity index (χ0n) is 26.2. The van der Waals surface area contributed by atoms with E-state index in [0.717, 1.165) is 11.1 Å². The predicted octanol–water partition coefficient (Wildman–Crippen LogP) is 4.09. The molecule has 0 spiro atoms. The summed E-state index contributed by atoms with van der Waals surface area (Å²) in [6.07, 6.45) is 0.346. The van der Waals surface area contributed by atoms with Gasteiger partial charge in [-0.15, -0.1) is 0 Å². The van der Waals surface area contributed by atoms with Crippen molar-refractivity contribution < 1.29 is 29.3 Å². The number of hydrogen-bond acceptors (Lipinski definition) is 7. The Balaban J connectivity index is 1.86. The number of rotatable bonds is 14. The number of thioether (sulfide) groups is 1. The summed E-state index contributed by atoms with van der Waals surface area (Å²) in [6, 6.07) is 19.2. The van der Waals surface area contributed by atoms with Crippen molar-refractivity contribution in [2.45, 2.75) is 63.6 Å². The fourth-order valence-corrected chi connectivity index (χ4v) is 5.49. The molecule has 0 bridgehead atoms. The van der Waals surface area contributed by atoms with Gasteiger partial charge in [0, 0.05) is 29.5 Å². The molecule has 3 rings (SSSR count). The Morgan fingerprint density at radius 3 is 2.32 bits per heavy atom. The molecule has 44 heavy (non-hydrogen) atoms. The molecule has 0 unspecified atom stereocenters. The van der Waals surface area contributed by atoms with E-state index in [0.29, 0.717) is 17.9 Å². The van der Waals surface area contributed by atoms with Gasteiger partial charge in [-0.3, -0.25) is 14.4 Å². The third-order valence-corrected chi connectivity index (χ3v) is 8.92. The minimum absolute atomic E-state index is 0.0358. The van der Waals surface area contributed by atoms with Gasteiger partial charge in [-0.1, -0.05) is 48.5 Å². The Morgan fingerprint density at radius 2 is 1.66 bits per heavy atom. The number of aliphatic hydroxyl groups excluding tert-OH is 1. The second kappa shape index (κ2) is 15.6. The minimum atomic E-state index is -1.67. The predicted molar refractivity (Wildman–Crippen MR) is 174 cm³/mol. The number of nitrogens with zero attached hydrogens (tertiary/aromatic N) is 1. The number of benzene rings is 3. The molecule has 3 amide bonds. The molecule has 0 aliphatic carbocycles. The largest absolute Gasteiger partial charge is 0.508 e. The fourth-order valence-electron chi connectivity index (χ4n) is 5.00. The fraction of sp³-hybridized carbons (Fsp3) is 0.382. The summed E-state index contributed by atoms with van der Waals surface area (Å²) in [6.45, 7) is 7.99. The van der Waals surface area contributed by atoms with E-state index in [1.165, 1.54) is 29.8 Å². The summed E-state index contributed by atoms with van der Waals surface area (Å²) in [7, 11) is 1.49. The maximum atomic E-state index is 13.9. The lowest BCUT2D eigenvalue weighted by atomic mass is 9.96. The first kappa shape index (κ1) is 34.5. The number of aliphatic hydroxyl groups is 1. The lowest BCUT2D eigenvalue weighted by Gasteiger charge is -2.39. The molecule has 0 aliphatic heterocycles. The summed E-state index contributed by atoms with van der Waals surface area (Å²) in [4.78, 5) is 42.1. The van der Waals surface area contributed by atoms with Crippen LogP contribution in [-0.4, -0.2) is 75.7 Å². The van der Waals surface area contributed by atoms with Gasteiger partial charge in [0.2, 0.25) is 5.91 Å². The number of amides is 3. The topological polar surface area (TPSA) is 128 Å². The van der Waals surface area contributed by atoms with Crippen LogP contribution in [0.1, 0.15) is 47.8 Å². The van der Waals surface area contributed by atoms with Crippen LogP contribution in [-0.2, 0) is 22.6 Å². The molecule has 0 aliphatic rings. The van der Waals surface area contributed by atoms with Crippen molar-refractivity contribution in [2.24, 2.45) is 0 Å². The summed E-state index contributed by atoms with van der Waals surface area (Å²) in [5.41, 5.74) is 2.25. The van der Waals surface area contributed by atoms with Gasteiger partial charge < -0.3 is 30.5 Å². The zero-order chi connectivity index (χ0) is 32.4. The number of carbonyl (C=O) groups excluding carboxylic acids is 3. The van der Waals surface area contributed by atoms with E-state index in [4.69, 9.17) is 4.74 Å². The maximum Gasteiger partial charge on any atom is 0.254 e. The van der Waals surface area contributed by atoms with Gasteiger partial charge in [-0.25, -0.2) is 0 Å². The third kappa shape index (κ3) is 8.76. The highest BCUT2D eigenvalue weighted by molar-refractivity contribution is 8.00. The van der Waals surface area contributed by atoms with Gasteiger partial charge in [0.15, 0.2) is 6.10 Å². The van der Waals surface area contributed by atoms with E-state index in [9.17, 15) is 24.6 Å². The van der Waals surface area contributed by atoms with Crippen molar-refractivity contribution in [2.75, 3.05) is 19.9 Å². The van der Waals surface area contributed by atoms with Crippen LogP contribution in [0.3, 0.4) is 0 Å². The summed E-state index contributed by atoms with van der Waals surface area (Å²) in [5.74, 6) is -0.968. The first-order chi connectivity index (χ1) is 20.9. The molecule has 9 nitrogen and oxygen atoms in total. The number of phenolic OH excluding ortho intramolecular Hbond substituents is 1. The van der Waals surface area contributed by atoms with Crippen molar-refractivity contribution in [3.63, 3.8) is 0 Å². The number of carbonyl (C=O) groups is 3. The molecule has 0 heterocycles. The minimum Gasteiger partial charge on any atom is -0.508 e. The molecule has 4 N–H and O–H groups in total. The van der Waals surface area contributed by atoms with E-state index in [1.807, 2.05) is 81.6 Å². The quantitative estimate of drug-likeness (QED) is 0.214. The van der Waals surface area contributed by atoms with Crippen molar-refractivity contribution in [3.05, 3.63) is 95.1 Å². The molecule has 0 saturated carbocycles. The highest BCUT2D eigenvalue weighted by atomic mass is 32.2. The molecule has 0 fully saturated rings. The number of aromatic hydroxyl groups is 1. The molecule has 0 saturated heterocycles. The van der Waals surface area contributed by atoms with Crippen LogP contribution < -0.4 is 15.4 Å². The summed E-state index contributed by atoms with van der Waals surface area (Å²) >= 11 is 1.42. The van der Waals surface area contributed by atoms with Crippen LogP contribution in [0.5, 0.6) is 11.5 Å². The van der Waals surface area contributed by atoms with Crippen LogP contribution in [0.2, 0.25) is 0 Å². The first-order valence-electron chi connectivity index (χ1n) is 14.5. The van der Waals surface area contributed by atoms with Crippen LogP contribution in [0.25, 0.3) is 0 Å². The molecule has 3 atom stereocenters. The van der Waals surface area contributed by atoms with Crippen LogP contribution in [0, 0.1) is 6.92 Å². The van der Waals surface area contributed by atoms with Crippen LogP contribution in [0.4, 0.5) is 0 Å². The zero-order valence-corrected chi connectivity index (χ0v) is 27.0. The van der Waals surface area contributed by atoms with Crippen molar-refractivity contribution in [3.8, 4) is 11.5 Å². The number of phenols is 1. The van der Waals surface area contributed by atoms with Crippen molar-refractivity contribution in [1.29, 1.82) is 0 Å². The number of ether oxygens (including phenoxy) is 1. The first-order valence-corrected chi connectivity index (χ1v) is 15.7. The third-order valence-electron chi connectivity index (χ3n) is 7.64. The molecular weight excluding hydrogens is 578 g/mol. The highest BCUT2D eigenvalue weighted by Gasteiger charge is 2.42. The monoisotopic (exact) mass is 621 g/mol. The molecular formula is C34H43N3O6S. The van der Waals surface area contributed by atoms with Gasteiger partial charge >= 0.3 is 0 Å². The Kier molecular flexibility index (Phi) is 12.2. The molecule has 3 aromatic carbocycles. The highest BCUT2D eigenvalue weighted by Crippen LogP contribution is 2.30.